The van der Waals surface area contributed by atoms with E-state index in [0.29, 0.717) is 12.0 Å². The first-order valence-electron chi connectivity index (χ1n) is 5.12. The predicted molar refractivity (Wildman–Crippen MR) is 48.3 cm³/mol. The molecular formula is C11H16O2. The Hall–Kier alpha value is -0.370. The van der Waals surface area contributed by atoms with Crippen LogP contribution in [0.25, 0.3) is 0 Å². The fourth-order valence-electron chi connectivity index (χ4n) is 3.86. The molecule has 2 heteroatoms. The van der Waals surface area contributed by atoms with Gasteiger partial charge in [0.05, 0.1) is 11.5 Å². The Morgan fingerprint density at radius 2 is 2.08 bits per heavy atom. The summed E-state index contributed by atoms with van der Waals surface area (Å²) in [5.41, 5.74) is -0.128. The number of carbonyl (C=O) groups is 1. The number of aldehydes is 1. The minimum Gasteiger partial charge on any atom is -0.365 e. The molecule has 0 radical (unpaired) electrons. The summed E-state index contributed by atoms with van der Waals surface area (Å²) >= 11 is 0. The Balaban J connectivity index is 2.11. The van der Waals surface area contributed by atoms with Crippen molar-refractivity contribution in [1.29, 1.82) is 0 Å². The summed E-state index contributed by atoms with van der Waals surface area (Å²) in [5, 5.41) is 0. The Kier molecular flexibility index (Phi) is 1.06. The molecule has 0 aromatic heterocycles. The molecule has 4 rings (SSSR count). The zero-order valence-electron chi connectivity index (χ0n) is 8.46. The highest BCUT2D eigenvalue weighted by molar-refractivity contribution is 5.68. The average Bonchev–Trinajstić information content (AvgIpc) is 2.74. The van der Waals surface area contributed by atoms with Gasteiger partial charge >= 0.3 is 0 Å². The van der Waals surface area contributed by atoms with Gasteiger partial charge in [0.1, 0.15) is 11.9 Å². The first-order chi connectivity index (χ1) is 5.98. The maximum absolute atomic E-state index is 11.3. The van der Waals surface area contributed by atoms with Gasteiger partial charge in [0.2, 0.25) is 0 Å². The largest absolute Gasteiger partial charge is 0.365 e. The molecule has 4 atom stereocenters. The minimum atomic E-state index is -0.173. The molecule has 0 aromatic carbocycles. The topological polar surface area (TPSA) is 29.6 Å². The molecule has 1 aliphatic heterocycles. The third kappa shape index (κ3) is 0.541. The number of hydrogen-bond acceptors (Lipinski definition) is 2. The quantitative estimate of drug-likeness (QED) is 0.454. The second-order valence-electron chi connectivity index (χ2n) is 5.66. The van der Waals surface area contributed by atoms with Gasteiger partial charge in [-0.05, 0) is 31.1 Å². The van der Waals surface area contributed by atoms with Crippen molar-refractivity contribution in [2.75, 3.05) is 0 Å². The molecule has 1 saturated heterocycles. The third-order valence-electron chi connectivity index (χ3n) is 5.27. The highest BCUT2D eigenvalue weighted by atomic mass is 16.6. The fourth-order valence-corrected chi connectivity index (χ4v) is 3.86. The summed E-state index contributed by atoms with van der Waals surface area (Å²) in [6.45, 7) is 6.56. The van der Waals surface area contributed by atoms with Crippen LogP contribution >= 0.6 is 0 Å². The van der Waals surface area contributed by atoms with E-state index in [4.69, 9.17) is 4.74 Å². The summed E-state index contributed by atoms with van der Waals surface area (Å²) < 4.78 is 5.72. The zero-order chi connectivity index (χ0) is 9.48. The first kappa shape index (κ1) is 7.98. The van der Waals surface area contributed by atoms with Gasteiger partial charge in [-0.25, -0.2) is 0 Å². The van der Waals surface area contributed by atoms with Crippen molar-refractivity contribution in [3.05, 3.63) is 0 Å². The van der Waals surface area contributed by atoms with E-state index >= 15 is 0 Å². The Bertz CT molecular complexity index is 290. The van der Waals surface area contributed by atoms with Crippen molar-refractivity contribution in [2.24, 2.45) is 16.7 Å². The second kappa shape index (κ2) is 1.72. The zero-order valence-corrected chi connectivity index (χ0v) is 8.46. The van der Waals surface area contributed by atoms with Gasteiger partial charge in [0.15, 0.2) is 0 Å². The molecule has 3 saturated carbocycles. The Labute approximate surface area is 78.6 Å². The summed E-state index contributed by atoms with van der Waals surface area (Å²) in [4.78, 5) is 11.3. The van der Waals surface area contributed by atoms with Gasteiger partial charge in [0, 0.05) is 0 Å². The molecule has 0 aromatic rings. The molecule has 0 spiro atoms. The lowest BCUT2D eigenvalue weighted by Crippen LogP contribution is -2.66. The van der Waals surface area contributed by atoms with Crippen molar-refractivity contribution >= 4 is 6.29 Å². The van der Waals surface area contributed by atoms with E-state index in [1.807, 2.05) is 0 Å². The van der Waals surface area contributed by atoms with Gasteiger partial charge in [-0.1, -0.05) is 13.8 Å². The van der Waals surface area contributed by atoms with Gasteiger partial charge in [-0.3, -0.25) is 0 Å². The van der Waals surface area contributed by atoms with E-state index in [2.05, 4.69) is 20.8 Å². The van der Waals surface area contributed by atoms with Crippen LogP contribution in [0.2, 0.25) is 0 Å². The van der Waals surface area contributed by atoms with Crippen LogP contribution in [0.5, 0.6) is 0 Å². The molecular weight excluding hydrogens is 164 g/mol. The Morgan fingerprint density at radius 3 is 2.54 bits per heavy atom. The van der Waals surface area contributed by atoms with Crippen LogP contribution in [0.1, 0.15) is 33.6 Å². The van der Waals surface area contributed by atoms with Crippen molar-refractivity contribution in [1.82, 2.24) is 0 Å². The van der Waals surface area contributed by atoms with Gasteiger partial charge in [-0.2, -0.15) is 0 Å². The molecule has 4 unspecified atom stereocenters. The van der Waals surface area contributed by atoms with Gasteiger partial charge in [-0.15, -0.1) is 0 Å². The first-order valence-corrected chi connectivity index (χ1v) is 5.12. The smallest absolute Gasteiger partial charge is 0.129 e. The third-order valence-corrected chi connectivity index (χ3v) is 5.27. The van der Waals surface area contributed by atoms with Crippen LogP contribution in [0.3, 0.4) is 0 Å². The van der Waals surface area contributed by atoms with Crippen molar-refractivity contribution < 1.29 is 9.53 Å². The standard InChI is InChI=1S/C11H16O2/c1-9(2)7-4-8-10(3,13-8)11(9,5-7)6-12/h6-8H,4-5H2,1-3H3. The average molecular weight is 180 g/mol. The maximum Gasteiger partial charge on any atom is 0.129 e. The lowest BCUT2D eigenvalue weighted by Gasteiger charge is -2.63. The fraction of sp³-hybridized carbons (Fsp3) is 0.909. The van der Waals surface area contributed by atoms with E-state index in [-0.39, 0.29) is 16.4 Å². The number of ether oxygens (including phenoxy) is 1. The van der Waals surface area contributed by atoms with E-state index in [9.17, 15) is 4.79 Å². The molecule has 4 fully saturated rings. The lowest BCUT2D eigenvalue weighted by atomic mass is 9.37. The summed E-state index contributed by atoms with van der Waals surface area (Å²) in [7, 11) is 0. The summed E-state index contributed by atoms with van der Waals surface area (Å²) in [6, 6.07) is 0. The van der Waals surface area contributed by atoms with Crippen LogP contribution in [0.15, 0.2) is 0 Å². The minimum absolute atomic E-state index is 0.118. The molecule has 13 heavy (non-hydrogen) atoms. The predicted octanol–water partition coefficient (Wildman–Crippen LogP) is 1.78. The van der Waals surface area contributed by atoms with E-state index in [1.54, 1.807) is 0 Å². The Morgan fingerprint density at radius 1 is 1.38 bits per heavy atom. The van der Waals surface area contributed by atoms with Crippen LogP contribution in [0.4, 0.5) is 0 Å². The maximum atomic E-state index is 11.3. The van der Waals surface area contributed by atoms with Crippen LogP contribution in [0, 0.1) is 16.7 Å². The lowest BCUT2D eigenvalue weighted by molar-refractivity contribution is -0.177. The summed E-state index contributed by atoms with van der Waals surface area (Å²) in [6.07, 6.45) is 3.77. The molecule has 3 aliphatic carbocycles. The molecule has 0 N–H and O–H groups in total. The molecule has 72 valence electrons. The SMILES string of the molecule is CC1(C)C2CC3OC3(C)C1(C=O)C2. The number of rotatable bonds is 1. The van der Waals surface area contributed by atoms with Gasteiger partial charge < -0.3 is 9.53 Å². The van der Waals surface area contributed by atoms with E-state index < -0.39 is 0 Å². The molecule has 0 amide bonds. The monoisotopic (exact) mass is 180 g/mol. The molecule has 1 heterocycles. The second-order valence-corrected chi connectivity index (χ2v) is 5.66. The molecule has 4 aliphatic rings. The van der Waals surface area contributed by atoms with Crippen LogP contribution < -0.4 is 0 Å². The number of epoxide rings is 1. The van der Waals surface area contributed by atoms with E-state index in [1.165, 1.54) is 12.7 Å². The van der Waals surface area contributed by atoms with Gasteiger partial charge in [0.25, 0.3) is 0 Å². The summed E-state index contributed by atoms with van der Waals surface area (Å²) in [5.74, 6) is 0.707. The van der Waals surface area contributed by atoms with Crippen molar-refractivity contribution in [3.63, 3.8) is 0 Å². The molecule has 2 bridgehead atoms. The van der Waals surface area contributed by atoms with E-state index in [0.717, 1.165) is 6.42 Å². The molecule has 2 nitrogen and oxygen atoms in total. The van der Waals surface area contributed by atoms with Crippen molar-refractivity contribution in [3.8, 4) is 0 Å². The normalized spacial score (nSPS) is 60.5. The highest BCUT2D eigenvalue weighted by Crippen LogP contribution is 2.76. The highest BCUT2D eigenvalue weighted by Gasteiger charge is 2.81. The van der Waals surface area contributed by atoms with Crippen molar-refractivity contribution in [2.45, 2.75) is 45.3 Å². The van der Waals surface area contributed by atoms with Crippen LogP contribution in [-0.4, -0.2) is 18.0 Å². The number of carbonyl (C=O) groups excluding carboxylic acids is 1. The number of hydrogen-bond donors (Lipinski definition) is 0. The van der Waals surface area contributed by atoms with Crippen LogP contribution in [-0.2, 0) is 9.53 Å².